The van der Waals surface area contributed by atoms with Crippen molar-refractivity contribution in [3.63, 3.8) is 0 Å². The van der Waals surface area contributed by atoms with E-state index in [2.05, 4.69) is 10.3 Å². The van der Waals surface area contributed by atoms with E-state index in [4.69, 9.17) is 11.6 Å². The first-order chi connectivity index (χ1) is 14.6. The molecule has 0 radical (unpaired) electrons. The van der Waals surface area contributed by atoms with Gasteiger partial charge in [0.2, 0.25) is 5.78 Å². The lowest BCUT2D eigenvalue weighted by atomic mass is 9.93. The van der Waals surface area contributed by atoms with Gasteiger partial charge >= 0.3 is 0 Å². The zero-order valence-electron chi connectivity index (χ0n) is 16.6. The van der Waals surface area contributed by atoms with Crippen molar-refractivity contribution in [1.82, 2.24) is 9.55 Å². The fraction of sp³-hybridized carbons (Fsp3) is 0.120. The number of nitrogens with zero attached hydrogens (tertiary/aromatic N) is 2. The highest BCUT2D eigenvalue weighted by molar-refractivity contribution is 6.30. The van der Waals surface area contributed by atoms with Crippen LogP contribution in [0.15, 0.2) is 91.3 Å². The van der Waals surface area contributed by atoms with E-state index in [1.165, 1.54) is 0 Å². The van der Waals surface area contributed by atoms with E-state index < -0.39 is 5.92 Å². The third kappa shape index (κ3) is 4.29. The van der Waals surface area contributed by atoms with Crippen LogP contribution in [-0.2, 0) is 0 Å². The lowest BCUT2D eigenvalue weighted by molar-refractivity contribution is 0.0952. The minimum Gasteiger partial charge on any atom is -0.384 e. The molecular weight excluding hydrogens is 394 g/mol. The number of benzene rings is 3. The number of hydrogen-bond donors (Lipinski definition) is 1. The number of aromatic nitrogens is 2. The standard InChI is InChI=1S/C25H22ClN3O/c1-18-7-5-6-10-23(18)29-16-15-27-25(29)24(30)22(19-11-13-20(26)14-12-19)17-28-21-8-3-2-4-9-21/h2-16,22,28H,17H2,1H3/t22-/m1/s1. The molecule has 0 saturated heterocycles. The number of aryl methyl sites for hydroxylation is 1. The second kappa shape index (κ2) is 8.97. The topological polar surface area (TPSA) is 46.9 Å². The summed E-state index contributed by atoms with van der Waals surface area (Å²) in [6, 6.07) is 25.3. The van der Waals surface area contributed by atoms with Crippen molar-refractivity contribution in [2.24, 2.45) is 0 Å². The van der Waals surface area contributed by atoms with Crippen LogP contribution in [-0.4, -0.2) is 21.9 Å². The predicted molar refractivity (Wildman–Crippen MR) is 122 cm³/mol. The average Bonchev–Trinajstić information content (AvgIpc) is 3.25. The fourth-order valence-corrected chi connectivity index (χ4v) is 3.63. The molecule has 0 amide bonds. The van der Waals surface area contributed by atoms with E-state index in [9.17, 15) is 4.79 Å². The molecule has 4 aromatic rings. The number of hydrogen-bond acceptors (Lipinski definition) is 3. The van der Waals surface area contributed by atoms with E-state index in [1.54, 1.807) is 6.20 Å². The first-order valence-electron chi connectivity index (χ1n) is 9.81. The molecule has 3 aromatic carbocycles. The minimum atomic E-state index is -0.410. The quantitative estimate of drug-likeness (QED) is 0.381. The number of anilines is 1. The van der Waals surface area contributed by atoms with Crippen molar-refractivity contribution >= 4 is 23.1 Å². The minimum absolute atomic E-state index is 0.0472. The number of carbonyl (C=O) groups is 1. The Morgan fingerprint density at radius 2 is 1.70 bits per heavy atom. The van der Waals surface area contributed by atoms with Crippen LogP contribution in [0.4, 0.5) is 5.69 Å². The van der Waals surface area contributed by atoms with Gasteiger partial charge in [-0.05, 0) is 48.4 Å². The van der Waals surface area contributed by atoms with Gasteiger partial charge < -0.3 is 5.32 Å². The summed E-state index contributed by atoms with van der Waals surface area (Å²) < 4.78 is 1.86. The molecule has 1 atom stereocenters. The van der Waals surface area contributed by atoms with Gasteiger partial charge in [-0.2, -0.15) is 0 Å². The highest BCUT2D eigenvalue weighted by atomic mass is 35.5. The zero-order chi connectivity index (χ0) is 20.9. The van der Waals surface area contributed by atoms with Crippen LogP contribution < -0.4 is 5.32 Å². The summed E-state index contributed by atoms with van der Waals surface area (Å²) in [4.78, 5) is 18.1. The number of rotatable bonds is 7. The summed E-state index contributed by atoms with van der Waals surface area (Å²) in [6.45, 7) is 2.47. The Kier molecular flexibility index (Phi) is 5.96. The number of carbonyl (C=O) groups excluding carboxylic acids is 1. The highest BCUT2D eigenvalue weighted by Gasteiger charge is 2.26. The first-order valence-corrected chi connectivity index (χ1v) is 10.2. The van der Waals surface area contributed by atoms with Gasteiger partial charge in [0.25, 0.3) is 0 Å². The van der Waals surface area contributed by atoms with Crippen LogP contribution in [0.25, 0.3) is 5.69 Å². The fourth-order valence-electron chi connectivity index (χ4n) is 3.50. The van der Waals surface area contributed by atoms with Crippen LogP contribution in [0.1, 0.15) is 27.7 Å². The predicted octanol–water partition coefficient (Wildman–Crippen LogP) is 5.91. The van der Waals surface area contributed by atoms with Crippen LogP contribution in [0.3, 0.4) is 0 Å². The van der Waals surface area contributed by atoms with Crippen LogP contribution in [0.5, 0.6) is 0 Å². The largest absolute Gasteiger partial charge is 0.384 e. The Balaban J connectivity index is 1.69. The van der Waals surface area contributed by atoms with E-state index in [0.717, 1.165) is 22.5 Å². The normalized spacial score (nSPS) is 11.8. The maximum atomic E-state index is 13.7. The zero-order valence-corrected chi connectivity index (χ0v) is 17.4. The Labute approximate surface area is 181 Å². The summed E-state index contributed by atoms with van der Waals surface area (Å²) in [5, 5.41) is 4.02. The summed E-state index contributed by atoms with van der Waals surface area (Å²) in [7, 11) is 0. The van der Waals surface area contributed by atoms with Crippen LogP contribution in [0.2, 0.25) is 5.02 Å². The lowest BCUT2D eigenvalue weighted by Crippen LogP contribution is -2.24. The van der Waals surface area contributed by atoms with Gasteiger partial charge in [0.15, 0.2) is 5.82 Å². The summed E-state index contributed by atoms with van der Waals surface area (Å²) >= 11 is 6.07. The summed E-state index contributed by atoms with van der Waals surface area (Å²) in [5.41, 5.74) is 3.89. The summed E-state index contributed by atoms with van der Waals surface area (Å²) in [5.74, 6) is -0.0410. The number of nitrogens with one attached hydrogen (secondary N) is 1. The Bertz CT molecular complexity index is 1140. The molecule has 0 aliphatic carbocycles. The molecule has 0 fully saturated rings. The molecule has 5 heteroatoms. The third-order valence-corrected chi connectivity index (χ3v) is 5.36. The molecule has 0 aliphatic heterocycles. The molecule has 0 aliphatic rings. The van der Waals surface area contributed by atoms with Crippen molar-refractivity contribution < 1.29 is 4.79 Å². The van der Waals surface area contributed by atoms with Gasteiger partial charge in [-0.25, -0.2) is 4.98 Å². The van der Waals surface area contributed by atoms with Crippen molar-refractivity contribution in [1.29, 1.82) is 0 Å². The molecule has 30 heavy (non-hydrogen) atoms. The van der Waals surface area contributed by atoms with Gasteiger partial charge in [0, 0.05) is 29.6 Å². The maximum absolute atomic E-state index is 13.7. The van der Waals surface area contributed by atoms with Crippen LogP contribution in [0, 0.1) is 6.92 Å². The molecule has 1 N–H and O–H groups in total. The lowest BCUT2D eigenvalue weighted by Gasteiger charge is -2.19. The third-order valence-electron chi connectivity index (χ3n) is 5.11. The first kappa shape index (κ1) is 19.9. The van der Waals surface area contributed by atoms with E-state index in [0.29, 0.717) is 17.4 Å². The molecule has 4 nitrogen and oxygen atoms in total. The number of halogens is 1. The van der Waals surface area contributed by atoms with Crippen molar-refractivity contribution in [3.8, 4) is 5.69 Å². The smallest absolute Gasteiger partial charge is 0.207 e. The monoisotopic (exact) mass is 415 g/mol. The highest BCUT2D eigenvalue weighted by Crippen LogP contribution is 2.25. The molecular formula is C25H22ClN3O. The van der Waals surface area contributed by atoms with Gasteiger partial charge in [-0.3, -0.25) is 9.36 Å². The number of imidazole rings is 1. The average molecular weight is 416 g/mol. The van der Waals surface area contributed by atoms with Gasteiger partial charge in [-0.15, -0.1) is 0 Å². The second-order valence-corrected chi connectivity index (χ2v) is 7.56. The van der Waals surface area contributed by atoms with Gasteiger partial charge in [0.05, 0.1) is 11.6 Å². The maximum Gasteiger partial charge on any atom is 0.207 e. The molecule has 1 heterocycles. The van der Waals surface area contributed by atoms with Crippen molar-refractivity contribution in [2.75, 3.05) is 11.9 Å². The van der Waals surface area contributed by atoms with Crippen molar-refractivity contribution in [3.05, 3.63) is 113 Å². The molecule has 4 rings (SSSR count). The number of Topliss-reactive ketones (excluding diaryl/α,β-unsaturated/α-hetero) is 1. The molecule has 1 aromatic heterocycles. The molecule has 0 bridgehead atoms. The van der Waals surface area contributed by atoms with Crippen molar-refractivity contribution in [2.45, 2.75) is 12.8 Å². The molecule has 150 valence electrons. The number of ketones is 1. The SMILES string of the molecule is Cc1ccccc1-n1ccnc1C(=O)[C@H](CNc1ccccc1)c1ccc(Cl)cc1. The Morgan fingerprint density at radius 3 is 2.43 bits per heavy atom. The van der Waals surface area contributed by atoms with Crippen LogP contribution >= 0.6 is 11.6 Å². The van der Waals surface area contributed by atoms with E-state index in [1.807, 2.05) is 96.6 Å². The molecule has 0 spiro atoms. The second-order valence-electron chi connectivity index (χ2n) is 7.12. The van der Waals surface area contributed by atoms with Gasteiger partial charge in [-0.1, -0.05) is 60.1 Å². The summed E-state index contributed by atoms with van der Waals surface area (Å²) in [6.07, 6.45) is 3.50. The van der Waals surface area contributed by atoms with Gasteiger partial charge in [0.1, 0.15) is 0 Å². The molecule has 0 unspecified atom stereocenters. The Morgan fingerprint density at radius 1 is 1.00 bits per heavy atom. The van der Waals surface area contributed by atoms with E-state index in [-0.39, 0.29) is 5.78 Å². The van der Waals surface area contributed by atoms with E-state index >= 15 is 0 Å². The number of para-hydroxylation sites is 2. The Hall–Kier alpha value is -3.37. The molecule has 0 saturated carbocycles.